The fraction of sp³-hybridized carbons (Fsp3) is 0.600. The van der Waals surface area contributed by atoms with E-state index in [0.29, 0.717) is 13.1 Å². The van der Waals surface area contributed by atoms with Crippen LogP contribution in [0.15, 0.2) is 22.8 Å². The summed E-state index contributed by atoms with van der Waals surface area (Å²) in [6.45, 7) is 5.22. The van der Waals surface area contributed by atoms with Crippen molar-refractivity contribution in [3.8, 4) is 0 Å². The normalized spacial score (nSPS) is 16.4. The molecule has 6 nitrogen and oxygen atoms in total. The van der Waals surface area contributed by atoms with Gasteiger partial charge in [-0.15, -0.1) is 12.4 Å². The summed E-state index contributed by atoms with van der Waals surface area (Å²) in [5.41, 5.74) is 0.179. The van der Waals surface area contributed by atoms with Crippen LogP contribution < -0.4 is 16.0 Å². The molecule has 1 aliphatic rings. The molecular formula is C15H24ClN3O3. The Kier molecular flexibility index (Phi) is 7.41. The van der Waals surface area contributed by atoms with Gasteiger partial charge in [0.15, 0.2) is 5.76 Å². The molecule has 0 saturated carbocycles. The quantitative estimate of drug-likeness (QED) is 0.735. The van der Waals surface area contributed by atoms with Gasteiger partial charge in [-0.25, -0.2) is 0 Å². The number of furan rings is 1. The molecule has 0 atom stereocenters. The highest BCUT2D eigenvalue weighted by molar-refractivity contribution is 5.91. The topological polar surface area (TPSA) is 83.4 Å². The average molecular weight is 330 g/mol. The Labute approximate surface area is 136 Å². The van der Waals surface area contributed by atoms with Crippen LogP contribution in [0.5, 0.6) is 0 Å². The molecular weight excluding hydrogens is 306 g/mol. The van der Waals surface area contributed by atoms with Gasteiger partial charge in [0.1, 0.15) is 0 Å². The van der Waals surface area contributed by atoms with Gasteiger partial charge in [-0.05, 0) is 43.5 Å². The zero-order valence-corrected chi connectivity index (χ0v) is 13.6. The van der Waals surface area contributed by atoms with Gasteiger partial charge in [-0.3, -0.25) is 9.59 Å². The van der Waals surface area contributed by atoms with Crippen molar-refractivity contribution in [3.05, 3.63) is 24.2 Å². The van der Waals surface area contributed by atoms with E-state index in [-0.39, 0.29) is 41.8 Å². The SMILES string of the molecule is CC1(CNC(=O)CCNC(=O)c2ccco2)CCNCC1.Cl. The van der Waals surface area contributed by atoms with E-state index in [9.17, 15) is 9.59 Å². The Morgan fingerprint density at radius 1 is 1.32 bits per heavy atom. The third-order valence-corrected chi connectivity index (χ3v) is 3.91. The zero-order chi connectivity index (χ0) is 15.1. The van der Waals surface area contributed by atoms with Crippen LogP contribution in [-0.4, -0.2) is 38.0 Å². The van der Waals surface area contributed by atoms with E-state index in [1.54, 1.807) is 12.1 Å². The molecule has 22 heavy (non-hydrogen) atoms. The van der Waals surface area contributed by atoms with Crippen LogP contribution in [0.3, 0.4) is 0 Å². The lowest BCUT2D eigenvalue weighted by Crippen LogP contribution is -2.43. The van der Waals surface area contributed by atoms with Gasteiger partial charge >= 0.3 is 0 Å². The highest BCUT2D eigenvalue weighted by Crippen LogP contribution is 2.26. The fourth-order valence-electron chi connectivity index (χ4n) is 2.39. The molecule has 1 aromatic heterocycles. The van der Waals surface area contributed by atoms with Crippen molar-refractivity contribution in [1.82, 2.24) is 16.0 Å². The van der Waals surface area contributed by atoms with Crippen molar-refractivity contribution in [2.24, 2.45) is 5.41 Å². The number of halogens is 1. The number of carbonyl (C=O) groups is 2. The lowest BCUT2D eigenvalue weighted by atomic mass is 9.81. The molecule has 1 saturated heterocycles. The summed E-state index contributed by atoms with van der Waals surface area (Å²) in [5, 5.41) is 8.94. The molecule has 7 heteroatoms. The Morgan fingerprint density at radius 2 is 2.05 bits per heavy atom. The van der Waals surface area contributed by atoms with Crippen LogP contribution in [0, 0.1) is 5.41 Å². The Balaban J connectivity index is 0.00000242. The second kappa shape index (κ2) is 8.80. The lowest BCUT2D eigenvalue weighted by molar-refractivity contribution is -0.121. The van der Waals surface area contributed by atoms with Crippen molar-refractivity contribution >= 4 is 24.2 Å². The minimum Gasteiger partial charge on any atom is -0.459 e. The molecule has 2 heterocycles. The van der Waals surface area contributed by atoms with E-state index in [1.807, 2.05) is 0 Å². The Hall–Kier alpha value is -1.53. The standard InChI is InChI=1S/C15H23N3O3.ClH/c1-15(5-8-16-9-6-15)11-18-13(19)4-7-17-14(20)12-3-2-10-21-12;/h2-3,10,16H,4-9,11H2,1H3,(H,17,20)(H,18,19);1H. The molecule has 0 aliphatic carbocycles. The van der Waals surface area contributed by atoms with Crippen LogP contribution in [0.4, 0.5) is 0 Å². The minimum absolute atomic E-state index is 0. The maximum Gasteiger partial charge on any atom is 0.286 e. The largest absolute Gasteiger partial charge is 0.459 e. The average Bonchev–Trinajstić information content (AvgIpc) is 3.00. The second-order valence-electron chi connectivity index (χ2n) is 5.82. The summed E-state index contributed by atoms with van der Waals surface area (Å²) in [4.78, 5) is 23.4. The number of hydrogen-bond acceptors (Lipinski definition) is 4. The molecule has 124 valence electrons. The van der Waals surface area contributed by atoms with Gasteiger partial charge in [-0.1, -0.05) is 6.92 Å². The smallest absolute Gasteiger partial charge is 0.286 e. The first-order valence-electron chi connectivity index (χ1n) is 7.38. The second-order valence-corrected chi connectivity index (χ2v) is 5.82. The molecule has 0 unspecified atom stereocenters. The summed E-state index contributed by atoms with van der Waals surface area (Å²) in [5.74, 6) is -0.0646. The van der Waals surface area contributed by atoms with Crippen LogP contribution in [0.2, 0.25) is 0 Å². The number of nitrogens with one attached hydrogen (secondary N) is 3. The van der Waals surface area contributed by atoms with E-state index < -0.39 is 0 Å². The molecule has 2 amide bonds. The predicted molar refractivity (Wildman–Crippen MR) is 86.1 cm³/mol. The third kappa shape index (κ3) is 5.69. The number of hydrogen-bond donors (Lipinski definition) is 3. The highest BCUT2D eigenvalue weighted by atomic mass is 35.5. The predicted octanol–water partition coefficient (Wildman–Crippen LogP) is 1.33. The molecule has 1 aliphatic heterocycles. The lowest BCUT2D eigenvalue weighted by Gasteiger charge is -2.34. The first-order valence-corrected chi connectivity index (χ1v) is 7.38. The van der Waals surface area contributed by atoms with Crippen LogP contribution >= 0.6 is 12.4 Å². The van der Waals surface area contributed by atoms with E-state index in [4.69, 9.17) is 4.42 Å². The number of rotatable bonds is 6. The van der Waals surface area contributed by atoms with Crippen molar-refractivity contribution in [3.63, 3.8) is 0 Å². The van der Waals surface area contributed by atoms with Crippen molar-refractivity contribution < 1.29 is 14.0 Å². The first-order chi connectivity index (χ1) is 10.1. The number of carbonyl (C=O) groups excluding carboxylic acids is 2. The molecule has 1 fully saturated rings. The number of amides is 2. The van der Waals surface area contributed by atoms with Gasteiger partial charge < -0.3 is 20.4 Å². The molecule has 1 aromatic rings. The van der Waals surface area contributed by atoms with Crippen LogP contribution in [0.1, 0.15) is 36.7 Å². The summed E-state index contributed by atoms with van der Waals surface area (Å²) >= 11 is 0. The van der Waals surface area contributed by atoms with Gasteiger partial charge in [0.2, 0.25) is 5.91 Å². The van der Waals surface area contributed by atoms with E-state index in [0.717, 1.165) is 25.9 Å². The Morgan fingerprint density at radius 3 is 2.68 bits per heavy atom. The van der Waals surface area contributed by atoms with Crippen molar-refractivity contribution in [2.45, 2.75) is 26.2 Å². The molecule has 3 N–H and O–H groups in total. The fourth-order valence-corrected chi connectivity index (χ4v) is 2.39. The minimum atomic E-state index is -0.293. The van der Waals surface area contributed by atoms with Gasteiger partial charge in [0.05, 0.1) is 6.26 Å². The van der Waals surface area contributed by atoms with E-state index in [2.05, 4.69) is 22.9 Å². The van der Waals surface area contributed by atoms with Crippen molar-refractivity contribution in [1.29, 1.82) is 0 Å². The number of piperidine rings is 1. The maximum absolute atomic E-state index is 11.8. The highest BCUT2D eigenvalue weighted by Gasteiger charge is 2.26. The summed E-state index contributed by atoms with van der Waals surface area (Å²) < 4.78 is 4.97. The molecule has 0 bridgehead atoms. The summed E-state index contributed by atoms with van der Waals surface area (Å²) in [6, 6.07) is 3.24. The monoisotopic (exact) mass is 329 g/mol. The molecule has 2 rings (SSSR count). The van der Waals surface area contributed by atoms with E-state index >= 15 is 0 Å². The summed E-state index contributed by atoms with van der Waals surface area (Å²) in [6.07, 6.45) is 3.87. The zero-order valence-electron chi connectivity index (χ0n) is 12.8. The first kappa shape index (κ1) is 18.5. The van der Waals surface area contributed by atoms with Gasteiger partial charge in [-0.2, -0.15) is 0 Å². The molecule has 0 aromatic carbocycles. The molecule has 0 radical (unpaired) electrons. The van der Waals surface area contributed by atoms with Gasteiger partial charge in [0, 0.05) is 19.5 Å². The third-order valence-electron chi connectivity index (χ3n) is 3.91. The van der Waals surface area contributed by atoms with E-state index in [1.165, 1.54) is 6.26 Å². The van der Waals surface area contributed by atoms with Crippen molar-refractivity contribution in [2.75, 3.05) is 26.2 Å². The summed E-state index contributed by atoms with van der Waals surface area (Å²) in [7, 11) is 0. The maximum atomic E-state index is 11.8. The van der Waals surface area contributed by atoms with Crippen LogP contribution in [-0.2, 0) is 4.79 Å². The van der Waals surface area contributed by atoms with Crippen LogP contribution in [0.25, 0.3) is 0 Å². The Bertz CT molecular complexity index is 470. The van der Waals surface area contributed by atoms with Gasteiger partial charge in [0.25, 0.3) is 5.91 Å². The molecule has 0 spiro atoms.